The van der Waals surface area contributed by atoms with E-state index in [2.05, 4.69) is 15.7 Å². The van der Waals surface area contributed by atoms with E-state index in [0.717, 1.165) is 5.56 Å². The molecule has 0 spiro atoms. The first-order valence-corrected chi connectivity index (χ1v) is 8.34. The number of hydrogen-bond acceptors (Lipinski definition) is 3. The molecule has 0 atom stereocenters. The maximum absolute atomic E-state index is 12.5. The van der Waals surface area contributed by atoms with Crippen molar-refractivity contribution in [3.05, 3.63) is 82.6 Å². The highest BCUT2D eigenvalue weighted by molar-refractivity contribution is 6.34. The van der Waals surface area contributed by atoms with Crippen LogP contribution in [-0.4, -0.2) is 28.6 Å². The second kappa shape index (κ2) is 7.84. The highest BCUT2D eigenvalue weighted by Crippen LogP contribution is 2.24. The van der Waals surface area contributed by atoms with Crippen molar-refractivity contribution in [3.8, 4) is 0 Å². The fourth-order valence-corrected chi connectivity index (χ4v) is 2.61. The maximum Gasteiger partial charge on any atom is 0.255 e. The predicted molar refractivity (Wildman–Crippen MR) is 101 cm³/mol. The van der Waals surface area contributed by atoms with Crippen LogP contribution in [0.25, 0.3) is 0 Å². The van der Waals surface area contributed by atoms with E-state index in [9.17, 15) is 9.59 Å². The molecule has 26 heavy (non-hydrogen) atoms. The van der Waals surface area contributed by atoms with Gasteiger partial charge in [-0.2, -0.15) is 5.10 Å². The molecule has 0 aliphatic carbocycles. The zero-order valence-corrected chi connectivity index (χ0v) is 14.8. The molecule has 0 bridgehead atoms. The lowest BCUT2D eigenvalue weighted by atomic mass is 10.1. The smallest absolute Gasteiger partial charge is 0.255 e. The van der Waals surface area contributed by atoms with Crippen molar-refractivity contribution in [3.63, 3.8) is 0 Å². The van der Waals surface area contributed by atoms with Crippen LogP contribution in [0.5, 0.6) is 0 Å². The number of hydrogen-bond donors (Lipinski definition) is 2. The van der Waals surface area contributed by atoms with E-state index >= 15 is 0 Å². The number of carbonyl (C=O) groups is 2. The van der Waals surface area contributed by atoms with Crippen LogP contribution in [0.4, 0.5) is 5.69 Å². The molecule has 0 unspecified atom stereocenters. The SMILES string of the molecule is CNC(=O)c1ccc(Cl)c(NC(=O)c2ccc(Cn3cccn3)cc2)c1. The van der Waals surface area contributed by atoms with E-state index in [1.807, 2.05) is 24.4 Å². The Morgan fingerprint density at radius 2 is 1.81 bits per heavy atom. The molecule has 0 aliphatic rings. The number of amides is 2. The third-order valence-corrected chi connectivity index (χ3v) is 4.15. The molecular weight excluding hydrogens is 352 g/mol. The Balaban J connectivity index is 1.72. The van der Waals surface area contributed by atoms with Gasteiger partial charge in [-0.15, -0.1) is 0 Å². The van der Waals surface area contributed by atoms with Crippen LogP contribution < -0.4 is 10.6 Å². The summed E-state index contributed by atoms with van der Waals surface area (Å²) in [5.41, 5.74) is 2.33. The summed E-state index contributed by atoms with van der Waals surface area (Å²) in [5, 5.41) is 9.79. The molecule has 2 amide bonds. The van der Waals surface area contributed by atoms with E-state index < -0.39 is 0 Å². The van der Waals surface area contributed by atoms with Crippen molar-refractivity contribution < 1.29 is 9.59 Å². The van der Waals surface area contributed by atoms with Gasteiger partial charge in [0.2, 0.25) is 0 Å². The van der Waals surface area contributed by atoms with Crippen LogP contribution in [0.1, 0.15) is 26.3 Å². The van der Waals surface area contributed by atoms with Gasteiger partial charge < -0.3 is 10.6 Å². The van der Waals surface area contributed by atoms with E-state index in [1.54, 1.807) is 48.3 Å². The van der Waals surface area contributed by atoms with E-state index in [1.165, 1.54) is 0 Å². The number of aromatic nitrogens is 2. The molecule has 2 N–H and O–H groups in total. The second-order valence-corrected chi connectivity index (χ2v) is 6.04. The van der Waals surface area contributed by atoms with Gasteiger partial charge in [0.25, 0.3) is 11.8 Å². The lowest BCUT2D eigenvalue weighted by molar-refractivity contribution is 0.0961. The van der Waals surface area contributed by atoms with Gasteiger partial charge in [-0.25, -0.2) is 0 Å². The predicted octanol–water partition coefficient (Wildman–Crippen LogP) is 3.20. The second-order valence-electron chi connectivity index (χ2n) is 5.63. The topological polar surface area (TPSA) is 76.0 Å². The number of nitrogens with zero attached hydrogens (tertiary/aromatic N) is 2. The molecule has 0 fully saturated rings. The molecule has 0 saturated heterocycles. The summed E-state index contributed by atoms with van der Waals surface area (Å²) in [5.74, 6) is -0.549. The number of nitrogens with one attached hydrogen (secondary N) is 2. The highest BCUT2D eigenvalue weighted by Gasteiger charge is 2.12. The minimum atomic E-state index is -0.299. The average molecular weight is 369 g/mol. The molecule has 6 nitrogen and oxygen atoms in total. The van der Waals surface area contributed by atoms with Crippen LogP contribution in [0.15, 0.2) is 60.9 Å². The van der Waals surface area contributed by atoms with Crippen molar-refractivity contribution in [1.29, 1.82) is 0 Å². The van der Waals surface area contributed by atoms with Gasteiger partial charge in [-0.1, -0.05) is 23.7 Å². The van der Waals surface area contributed by atoms with Gasteiger partial charge in [0.15, 0.2) is 0 Å². The van der Waals surface area contributed by atoms with Crippen LogP contribution in [0.3, 0.4) is 0 Å². The fraction of sp³-hybridized carbons (Fsp3) is 0.105. The summed E-state index contributed by atoms with van der Waals surface area (Å²) in [7, 11) is 1.54. The molecule has 0 aliphatic heterocycles. The Morgan fingerprint density at radius 3 is 2.46 bits per heavy atom. The van der Waals surface area contributed by atoms with Crippen LogP contribution in [0, 0.1) is 0 Å². The van der Waals surface area contributed by atoms with E-state index in [0.29, 0.717) is 28.4 Å². The van der Waals surface area contributed by atoms with Crippen LogP contribution >= 0.6 is 11.6 Å². The zero-order chi connectivity index (χ0) is 18.5. The summed E-state index contributed by atoms with van der Waals surface area (Å²) in [6, 6.07) is 13.8. The van der Waals surface area contributed by atoms with Crippen LogP contribution in [0.2, 0.25) is 5.02 Å². The summed E-state index contributed by atoms with van der Waals surface area (Å²) < 4.78 is 1.80. The van der Waals surface area contributed by atoms with Crippen molar-refractivity contribution in [2.24, 2.45) is 0 Å². The van der Waals surface area contributed by atoms with Crippen LogP contribution in [-0.2, 0) is 6.54 Å². The summed E-state index contributed by atoms with van der Waals surface area (Å²) in [6.07, 6.45) is 3.60. The number of rotatable bonds is 5. The van der Waals surface area contributed by atoms with Crippen molar-refractivity contribution >= 4 is 29.1 Å². The molecule has 0 radical (unpaired) electrons. The minimum absolute atomic E-state index is 0.250. The van der Waals surface area contributed by atoms with Gasteiger partial charge >= 0.3 is 0 Å². The molecule has 0 saturated carbocycles. The van der Waals surface area contributed by atoms with Gasteiger partial charge in [0.1, 0.15) is 0 Å². The number of halogens is 1. The molecule has 132 valence electrons. The highest BCUT2D eigenvalue weighted by atomic mass is 35.5. The molecule has 1 heterocycles. The first-order valence-electron chi connectivity index (χ1n) is 7.96. The van der Waals surface area contributed by atoms with Gasteiger partial charge in [0, 0.05) is 30.6 Å². The van der Waals surface area contributed by atoms with Crippen molar-refractivity contribution in [2.75, 3.05) is 12.4 Å². The fourth-order valence-electron chi connectivity index (χ4n) is 2.44. The quantitative estimate of drug-likeness (QED) is 0.726. The zero-order valence-electron chi connectivity index (χ0n) is 14.1. The standard InChI is InChI=1S/C19H17ClN4O2/c1-21-18(25)15-7-8-16(20)17(11-15)23-19(26)14-5-3-13(4-6-14)12-24-10-2-9-22-24/h2-11H,12H2,1H3,(H,21,25)(H,23,26). The van der Waals surface area contributed by atoms with Gasteiger partial charge in [-0.05, 0) is 42.0 Å². The Kier molecular flexibility index (Phi) is 5.34. The first kappa shape index (κ1) is 17.7. The number of benzene rings is 2. The number of anilines is 1. The minimum Gasteiger partial charge on any atom is -0.355 e. The van der Waals surface area contributed by atoms with Gasteiger partial charge in [0.05, 0.1) is 17.3 Å². The first-order chi connectivity index (χ1) is 12.6. The summed E-state index contributed by atoms with van der Waals surface area (Å²) in [6.45, 7) is 0.634. The third kappa shape index (κ3) is 4.10. The maximum atomic E-state index is 12.5. The average Bonchev–Trinajstić information content (AvgIpc) is 3.16. The Morgan fingerprint density at radius 1 is 1.08 bits per heavy atom. The molecule has 7 heteroatoms. The Hall–Kier alpha value is -3.12. The lowest BCUT2D eigenvalue weighted by Crippen LogP contribution is -2.18. The summed E-state index contributed by atoms with van der Waals surface area (Å²) >= 11 is 6.12. The Bertz CT molecular complexity index is 921. The third-order valence-electron chi connectivity index (χ3n) is 3.82. The van der Waals surface area contributed by atoms with E-state index in [-0.39, 0.29) is 11.8 Å². The molecular formula is C19H17ClN4O2. The molecule has 2 aromatic carbocycles. The van der Waals surface area contributed by atoms with Crippen molar-refractivity contribution in [2.45, 2.75) is 6.54 Å². The monoisotopic (exact) mass is 368 g/mol. The molecule has 3 rings (SSSR count). The lowest BCUT2D eigenvalue weighted by Gasteiger charge is -2.10. The summed E-state index contributed by atoms with van der Waals surface area (Å²) in [4.78, 5) is 24.2. The molecule has 1 aromatic heterocycles. The van der Waals surface area contributed by atoms with E-state index in [4.69, 9.17) is 11.6 Å². The van der Waals surface area contributed by atoms with Crippen molar-refractivity contribution in [1.82, 2.24) is 15.1 Å². The Labute approximate surface area is 155 Å². The normalized spacial score (nSPS) is 10.4. The largest absolute Gasteiger partial charge is 0.355 e. The van der Waals surface area contributed by atoms with Gasteiger partial charge in [-0.3, -0.25) is 14.3 Å². The molecule has 3 aromatic rings. The number of carbonyl (C=O) groups excluding carboxylic acids is 2.